The molecule has 0 atom stereocenters. The average molecular weight is 277 g/mol. The molecule has 1 saturated heterocycles. The number of nitrogens with zero attached hydrogens (tertiary/aromatic N) is 1. The van der Waals surface area contributed by atoms with Crippen LogP contribution in [0.4, 0.5) is 5.69 Å². The van der Waals surface area contributed by atoms with E-state index in [1.165, 1.54) is 0 Å². The number of benzene rings is 1. The van der Waals surface area contributed by atoms with E-state index in [-0.39, 0.29) is 18.6 Å². The highest BCUT2D eigenvalue weighted by atomic mass is 16.5. The van der Waals surface area contributed by atoms with Crippen LogP contribution in [-0.2, 0) is 4.79 Å². The molecule has 1 aliphatic rings. The van der Waals surface area contributed by atoms with Gasteiger partial charge in [0.05, 0.1) is 0 Å². The van der Waals surface area contributed by atoms with Crippen LogP contribution in [0.25, 0.3) is 0 Å². The number of rotatable bonds is 5. The number of nitrogens with two attached hydrogens (primary N) is 1. The van der Waals surface area contributed by atoms with Crippen molar-refractivity contribution in [2.24, 2.45) is 0 Å². The molecule has 0 bridgehead atoms. The van der Waals surface area contributed by atoms with E-state index in [1.54, 1.807) is 18.2 Å². The maximum Gasteiger partial charge on any atom is 0.258 e. The molecule has 5 heteroatoms. The summed E-state index contributed by atoms with van der Waals surface area (Å²) in [5, 5.41) is 3.03. The summed E-state index contributed by atoms with van der Waals surface area (Å²) in [6.07, 6.45) is 2.02. The Morgan fingerprint density at radius 1 is 1.45 bits per heavy atom. The Bertz CT molecular complexity index is 442. The monoisotopic (exact) mass is 277 g/mol. The fraction of sp³-hybridized carbons (Fsp3) is 0.533. The van der Waals surface area contributed by atoms with Crippen LogP contribution in [-0.4, -0.2) is 43.1 Å². The third kappa shape index (κ3) is 4.42. The minimum absolute atomic E-state index is 0.0391. The molecule has 20 heavy (non-hydrogen) atoms. The Hall–Kier alpha value is -1.75. The Morgan fingerprint density at radius 3 is 2.85 bits per heavy atom. The molecule has 2 rings (SSSR count). The summed E-state index contributed by atoms with van der Waals surface area (Å²) >= 11 is 0. The first kappa shape index (κ1) is 14.7. The van der Waals surface area contributed by atoms with Gasteiger partial charge in [0.15, 0.2) is 6.61 Å². The first-order valence-corrected chi connectivity index (χ1v) is 7.17. The molecule has 5 nitrogen and oxygen atoms in total. The van der Waals surface area contributed by atoms with Gasteiger partial charge in [0.2, 0.25) is 0 Å². The minimum Gasteiger partial charge on any atom is -0.484 e. The number of piperidine rings is 1. The smallest absolute Gasteiger partial charge is 0.258 e. The van der Waals surface area contributed by atoms with Crippen LogP contribution in [0.15, 0.2) is 24.3 Å². The number of carbonyl (C=O) groups is 1. The Kier molecular flexibility index (Phi) is 5.24. The zero-order valence-electron chi connectivity index (χ0n) is 12.0. The zero-order chi connectivity index (χ0) is 14.4. The van der Waals surface area contributed by atoms with Crippen molar-refractivity contribution in [2.45, 2.75) is 25.8 Å². The summed E-state index contributed by atoms with van der Waals surface area (Å²) in [7, 11) is 0. The predicted molar refractivity (Wildman–Crippen MR) is 79.6 cm³/mol. The molecule has 0 aliphatic carbocycles. The molecule has 0 spiro atoms. The van der Waals surface area contributed by atoms with E-state index < -0.39 is 0 Å². The van der Waals surface area contributed by atoms with Gasteiger partial charge in [-0.25, -0.2) is 0 Å². The third-order valence-corrected chi connectivity index (χ3v) is 3.63. The van der Waals surface area contributed by atoms with Crippen molar-refractivity contribution in [2.75, 3.05) is 32.0 Å². The number of hydrogen-bond acceptors (Lipinski definition) is 4. The van der Waals surface area contributed by atoms with Crippen LogP contribution in [0.1, 0.15) is 19.8 Å². The topological polar surface area (TPSA) is 67.6 Å². The molecule has 1 aromatic rings. The van der Waals surface area contributed by atoms with Crippen molar-refractivity contribution in [3.63, 3.8) is 0 Å². The highest BCUT2D eigenvalue weighted by Crippen LogP contribution is 2.14. The third-order valence-electron chi connectivity index (χ3n) is 3.63. The van der Waals surface area contributed by atoms with Crippen LogP contribution in [0, 0.1) is 0 Å². The van der Waals surface area contributed by atoms with Crippen LogP contribution in [0.3, 0.4) is 0 Å². The number of ether oxygens (including phenoxy) is 1. The summed E-state index contributed by atoms with van der Waals surface area (Å²) < 4.78 is 5.43. The first-order chi connectivity index (χ1) is 9.67. The molecule has 110 valence electrons. The van der Waals surface area contributed by atoms with E-state index in [0.29, 0.717) is 11.4 Å². The fourth-order valence-electron chi connectivity index (χ4n) is 2.42. The van der Waals surface area contributed by atoms with E-state index in [1.807, 2.05) is 6.07 Å². The molecule has 1 fully saturated rings. The van der Waals surface area contributed by atoms with Crippen molar-refractivity contribution in [3.8, 4) is 5.75 Å². The quantitative estimate of drug-likeness (QED) is 0.795. The highest BCUT2D eigenvalue weighted by Gasteiger charge is 2.19. The van der Waals surface area contributed by atoms with E-state index in [4.69, 9.17) is 10.5 Å². The lowest BCUT2D eigenvalue weighted by atomic mass is 10.1. The van der Waals surface area contributed by atoms with Gasteiger partial charge in [-0.3, -0.25) is 4.79 Å². The van der Waals surface area contributed by atoms with Gasteiger partial charge in [0, 0.05) is 30.9 Å². The number of nitrogen functional groups attached to an aromatic ring is 1. The van der Waals surface area contributed by atoms with Gasteiger partial charge < -0.3 is 20.7 Å². The summed E-state index contributed by atoms with van der Waals surface area (Å²) in [5.41, 5.74) is 6.29. The standard InChI is InChI=1S/C15H23N3O2/c1-2-18-8-6-13(7-9-18)17-15(19)11-20-14-5-3-4-12(16)10-14/h3-5,10,13H,2,6-9,11,16H2,1H3,(H,17,19). The highest BCUT2D eigenvalue weighted by molar-refractivity contribution is 5.77. The van der Waals surface area contributed by atoms with Gasteiger partial charge in [0.25, 0.3) is 5.91 Å². The van der Waals surface area contributed by atoms with E-state index >= 15 is 0 Å². The second-order valence-corrected chi connectivity index (χ2v) is 5.14. The molecule has 0 aromatic heterocycles. The molecule has 1 amide bonds. The van der Waals surface area contributed by atoms with Gasteiger partial charge in [-0.05, 0) is 31.5 Å². The average Bonchev–Trinajstić information content (AvgIpc) is 2.46. The van der Waals surface area contributed by atoms with Gasteiger partial charge in [0.1, 0.15) is 5.75 Å². The fourth-order valence-corrected chi connectivity index (χ4v) is 2.42. The molecule has 0 saturated carbocycles. The summed E-state index contributed by atoms with van der Waals surface area (Å²) in [6.45, 7) is 5.39. The molecule has 0 radical (unpaired) electrons. The number of amides is 1. The van der Waals surface area contributed by atoms with Crippen molar-refractivity contribution in [3.05, 3.63) is 24.3 Å². The molecular formula is C15H23N3O2. The van der Waals surface area contributed by atoms with Gasteiger partial charge >= 0.3 is 0 Å². The molecule has 0 unspecified atom stereocenters. The second kappa shape index (κ2) is 7.14. The lowest BCUT2D eigenvalue weighted by Gasteiger charge is -2.31. The van der Waals surface area contributed by atoms with Gasteiger partial charge in [-0.1, -0.05) is 13.0 Å². The maximum absolute atomic E-state index is 11.8. The van der Waals surface area contributed by atoms with Gasteiger partial charge in [-0.2, -0.15) is 0 Å². The van der Waals surface area contributed by atoms with Crippen molar-refractivity contribution in [1.82, 2.24) is 10.2 Å². The number of nitrogens with one attached hydrogen (secondary N) is 1. The largest absolute Gasteiger partial charge is 0.484 e. The zero-order valence-corrected chi connectivity index (χ0v) is 12.0. The summed E-state index contributed by atoms with van der Waals surface area (Å²) in [5.74, 6) is 0.559. The van der Waals surface area contributed by atoms with Crippen LogP contribution < -0.4 is 15.8 Å². The normalized spacial score (nSPS) is 16.9. The van der Waals surface area contributed by atoms with Crippen molar-refractivity contribution >= 4 is 11.6 Å². The Balaban J connectivity index is 1.71. The molecule has 1 aliphatic heterocycles. The number of hydrogen-bond donors (Lipinski definition) is 2. The first-order valence-electron chi connectivity index (χ1n) is 7.17. The molecule has 1 aromatic carbocycles. The maximum atomic E-state index is 11.8. The van der Waals surface area contributed by atoms with Crippen molar-refractivity contribution < 1.29 is 9.53 Å². The van der Waals surface area contributed by atoms with Gasteiger partial charge in [-0.15, -0.1) is 0 Å². The number of carbonyl (C=O) groups excluding carboxylic acids is 1. The second-order valence-electron chi connectivity index (χ2n) is 5.14. The predicted octanol–water partition coefficient (Wildman–Crippen LogP) is 1.25. The lowest BCUT2D eigenvalue weighted by molar-refractivity contribution is -0.124. The van der Waals surface area contributed by atoms with Crippen LogP contribution >= 0.6 is 0 Å². The van der Waals surface area contributed by atoms with Crippen molar-refractivity contribution in [1.29, 1.82) is 0 Å². The molecule has 3 N–H and O–H groups in total. The number of anilines is 1. The van der Waals surface area contributed by atoms with Crippen LogP contribution in [0.5, 0.6) is 5.75 Å². The minimum atomic E-state index is -0.0672. The molecular weight excluding hydrogens is 254 g/mol. The van der Waals surface area contributed by atoms with Crippen LogP contribution in [0.2, 0.25) is 0 Å². The van der Waals surface area contributed by atoms with E-state index in [2.05, 4.69) is 17.1 Å². The summed E-state index contributed by atoms with van der Waals surface area (Å²) in [4.78, 5) is 14.2. The van der Waals surface area contributed by atoms with E-state index in [9.17, 15) is 4.79 Å². The molecule has 1 heterocycles. The Labute approximate surface area is 120 Å². The van der Waals surface area contributed by atoms with E-state index in [0.717, 1.165) is 32.5 Å². The SMILES string of the molecule is CCN1CCC(NC(=O)COc2cccc(N)c2)CC1. The summed E-state index contributed by atoms with van der Waals surface area (Å²) in [6, 6.07) is 7.38. The number of likely N-dealkylation sites (tertiary alicyclic amines) is 1. The lowest BCUT2D eigenvalue weighted by Crippen LogP contribution is -2.45. The Morgan fingerprint density at radius 2 is 2.20 bits per heavy atom.